The molecule has 2 aromatic carbocycles. The highest BCUT2D eigenvalue weighted by atomic mass is 16.5. The van der Waals surface area contributed by atoms with Crippen LogP contribution in [-0.2, 0) is 11.2 Å². The second-order valence-corrected chi connectivity index (χ2v) is 7.53. The molecule has 1 aromatic heterocycles. The predicted octanol–water partition coefficient (Wildman–Crippen LogP) is 3.35. The normalized spacial score (nSPS) is 13.9. The molecule has 0 N–H and O–H groups in total. The van der Waals surface area contributed by atoms with Gasteiger partial charge in [0.1, 0.15) is 17.9 Å². The molecule has 0 bridgehead atoms. The highest BCUT2D eigenvalue weighted by molar-refractivity contribution is 5.79. The standard InChI is InChI=1S/C24H26N4O2/c1-18-5-3-7-20(13-18)22-16-23(26-17-25-22)27-9-11-28(12-10-27)24(29)15-19-6-4-8-21(14-19)30-2/h3-8,13-14,16-17H,9-12,15H2,1-2H3. The van der Waals surface area contributed by atoms with Gasteiger partial charge in [0, 0.05) is 37.8 Å². The van der Waals surface area contributed by atoms with Gasteiger partial charge in [0.25, 0.3) is 0 Å². The number of nitrogens with zero attached hydrogens (tertiary/aromatic N) is 4. The van der Waals surface area contributed by atoms with E-state index in [1.54, 1.807) is 13.4 Å². The number of aryl methyl sites for hydroxylation is 1. The van der Waals surface area contributed by atoms with Crippen LogP contribution < -0.4 is 9.64 Å². The lowest BCUT2D eigenvalue weighted by Gasteiger charge is -2.35. The van der Waals surface area contributed by atoms with Crippen molar-refractivity contribution in [2.24, 2.45) is 0 Å². The second-order valence-electron chi connectivity index (χ2n) is 7.53. The minimum absolute atomic E-state index is 0.144. The Hall–Kier alpha value is -3.41. The van der Waals surface area contributed by atoms with Gasteiger partial charge >= 0.3 is 0 Å². The number of carbonyl (C=O) groups excluding carboxylic acids is 1. The first-order valence-electron chi connectivity index (χ1n) is 10.2. The average Bonchev–Trinajstić information content (AvgIpc) is 2.79. The smallest absolute Gasteiger partial charge is 0.227 e. The van der Waals surface area contributed by atoms with Crippen molar-refractivity contribution in [2.75, 3.05) is 38.2 Å². The monoisotopic (exact) mass is 402 g/mol. The van der Waals surface area contributed by atoms with Crippen LogP contribution in [0.3, 0.4) is 0 Å². The van der Waals surface area contributed by atoms with Gasteiger partial charge in [0.2, 0.25) is 5.91 Å². The molecule has 6 nitrogen and oxygen atoms in total. The lowest BCUT2D eigenvalue weighted by atomic mass is 10.1. The van der Waals surface area contributed by atoms with E-state index in [9.17, 15) is 4.79 Å². The van der Waals surface area contributed by atoms with Gasteiger partial charge in [-0.2, -0.15) is 0 Å². The summed E-state index contributed by atoms with van der Waals surface area (Å²) in [5.41, 5.74) is 4.18. The van der Waals surface area contributed by atoms with Gasteiger partial charge in [-0.1, -0.05) is 35.9 Å². The molecule has 3 aromatic rings. The summed E-state index contributed by atoms with van der Waals surface area (Å²) < 4.78 is 5.25. The summed E-state index contributed by atoms with van der Waals surface area (Å²) in [6.07, 6.45) is 2.01. The third-order valence-corrected chi connectivity index (χ3v) is 5.41. The fourth-order valence-corrected chi connectivity index (χ4v) is 3.74. The van der Waals surface area contributed by atoms with E-state index in [2.05, 4.69) is 40.0 Å². The highest BCUT2D eigenvalue weighted by Crippen LogP contribution is 2.22. The minimum Gasteiger partial charge on any atom is -0.497 e. The third kappa shape index (κ3) is 4.59. The van der Waals surface area contributed by atoms with E-state index in [-0.39, 0.29) is 5.91 Å². The zero-order valence-electron chi connectivity index (χ0n) is 17.4. The van der Waals surface area contributed by atoms with Crippen LogP contribution in [0, 0.1) is 6.92 Å². The van der Waals surface area contributed by atoms with Crippen LogP contribution in [0.1, 0.15) is 11.1 Å². The van der Waals surface area contributed by atoms with Crippen molar-refractivity contribution in [2.45, 2.75) is 13.3 Å². The fraction of sp³-hybridized carbons (Fsp3) is 0.292. The van der Waals surface area contributed by atoms with Crippen molar-refractivity contribution >= 4 is 11.7 Å². The molecule has 0 unspecified atom stereocenters. The van der Waals surface area contributed by atoms with Gasteiger partial charge in [-0.15, -0.1) is 0 Å². The highest BCUT2D eigenvalue weighted by Gasteiger charge is 2.22. The number of amides is 1. The average molecular weight is 402 g/mol. The molecular formula is C24H26N4O2. The molecule has 0 saturated carbocycles. The summed E-state index contributed by atoms with van der Waals surface area (Å²) in [5.74, 6) is 1.82. The molecule has 154 valence electrons. The second kappa shape index (κ2) is 8.95. The summed E-state index contributed by atoms with van der Waals surface area (Å²) in [5, 5.41) is 0. The van der Waals surface area contributed by atoms with Gasteiger partial charge in [-0.25, -0.2) is 9.97 Å². The largest absolute Gasteiger partial charge is 0.497 e. The Morgan fingerprint density at radius 2 is 1.80 bits per heavy atom. The summed E-state index contributed by atoms with van der Waals surface area (Å²) in [4.78, 5) is 25.8. The van der Waals surface area contributed by atoms with Crippen molar-refractivity contribution in [3.05, 3.63) is 72.1 Å². The molecule has 0 spiro atoms. The molecular weight excluding hydrogens is 376 g/mol. The van der Waals surface area contributed by atoms with Crippen LogP contribution in [0.4, 0.5) is 5.82 Å². The summed E-state index contributed by atoms with van der Waals surface area (Å²) in [7, 11) is 1.64. The van der Waals surface area contributed by atoms with Gasteiger partial charge < -0.3 is 14.5 Å². The van der Waals surface area contributed by atoms with Crippen LogP contribution in [0.25, 0.3) is 11.3 Å². The number of carbonyl (C=O) groups is 1. The lowest BCUT2D eigenvalue weighted by Crippen LogP contribution is -2.49. The van der Waals surface area contributed by atoms with Gasteiger partial charge in [-0.05, 0) is 30.7 Å². The van der Waals surface area contributed by atoms with E-state index in [1.807, 2.05) is 41.3 Å². The summed E-state index contributed by atoms with van der Waals surface area (Å²) in [6, 6.07) is 18.0. The molecule has 0 aliphatic carbocycles. The Balaban J connectivity index is 1.38. The van der Waals surface area contributed by atoms with Crippen molar-refractivity contribution < 1.29 is 9.53 Å². The molecule has 30 heavy (non-hydrogen) atoms. The number of ether oxygens (including phenoxy) is 1. The molecule has 6 heteroatoms. The third-order valence-electron chi connectivity index (χ3n) is 5.41. The van der Waals surface area contributed by atoms with Crippen LogP contribution in [0.2, 0.25) is 0 Å². The number of piperazine rings is 1. The first kappa shape index (κ1) is 19.9. The molecule has 1 saturated heterocycles. The zero-order valence-corrected chi connectivity index (χ0v) is 17.4. The van der Waals surface area contributed by atoms with Crippen LogP contribution in [0.15, 0.2) is 60.9 Å². The number of hydrogen-bond donors (Lipinski definition) is 0. The summed E-state index contributed by atoms with van der Waals surface area (Å²) in [6.45, 7) is 4.97. The van der Waals surface area contributed by atoms with Gasteiger partial charge in [0.05, 0.1) is 19.2 Å². The molecule has 4 rings (SSSR count). The Morgan fingerprint density at radius 1 is 1.00 bits per heavy atom. The number of hydrogen-bond acceptors (Lipinski definition) is 5. The number of benzene rings is 2. The van der Waals surface area contributed by atoms with Crippen LogP contribution >= 0.6 is 0 Å². The van der Waals surface area contributed by atoms with Gasteiger partial charge in [-0.3, -0.25) is 4.79 Å². The molecule has 1 aliphatic rings. The Kier molecular flexibility index (Phi) is 5.93. The molecule has 0 atom stereocenters. The topological polar surface area (TPSA) is 58.6 Å². The number of aromatic nitrogens is 2. The quantitative estimate of drug-likeness (QED) is 0.655. The maximum absolute atomic E-state index is 12.7. The van der Waals surface area contributed by atoms with Crippen LogP contribution in [-0.4, -0.2) is 54.1 Å². The molecule has 1 amide bonds. The SMILES string of the molecule is COc1cccc(CC(=O)N2CCN(c3cc(-c4cccc(C)c4)ncn3)CC2)c1. The number of rotatable bonds is 5. The number of anilines is 1. The van der Waals surface area contributed by atoms with E-state index >= 15 is 0 Å². The maximum Gasteiger partial charge on any atom is 0.227 e. The first-order valence-corrected chi connectivity index (χ1v) is 10.2. The van der Waals surface area contributed by atoms with E-state index in [1.165, 1.54) is 5.56 Å². The Morgan fingerprint density at radius 3 is 2.57 bits per heavy atom. The van der Waals surface area contributed by atoms with Crippen molar-refractivity contribution in [1.29, 1.82) is 0 Å². The van der Waals surface area contributed by atoms with Crippen molar-refractivity contribution in [1.82, 2.24) is 14.9 Å². The van der Waals surface area contributed by atoms with E-state index < -0.39 is 0 Å². The predicted molar refractivity (Wildman–Crippen MR) is 118 cm³/mol. The molecule has 1 fully saturated rings. The fourth-order valence-electron chi connectivity index (χ4n) is 3.74. The first-order chi connectivity index (χ1) is 14.6. The zero-order chi connectivity index (χ0) is 20.9. The van der Waals surface area contributed by atoms with Crippen molar-refractivity contribution in [3.63, 3.8) is 0 Å². The van der Waals surface area contributed by atoms with Crippen LogP contribution in [0.5, 0.6) is 5.75 Å². The summed E-state index contributed by atoms with van der Waals surface area (Å²) >= 11 is 0. The minimum atomic E-state index is 0.144. The van der Waals surface area contributed by atoms with E-state index in [0.717, 1.165) is 41.5 Å². The Bertz CT molecular complexity index is 1030. The Labute approximate surface area is 177 Å². The van der Waals surface area contributed by atoms with E-state index in [0.29, 0.717) is 19.5 Å². The molecule has 2 heterocycles. The van der Waals surface area contributed by atoms with Gasteiger partial charge in [0.15, 0.2) is 0 Å². The molecule has 0 radical (unpaired) electrons. The lowest BCUT2D eigenvalue weighted by molar-refractivity contribution is -0.130. The molecule has 1 aliphatic heterocycles. The number of methoxy groups -OCH3 is 1. The maximum atomic E-state index is 12.7. The van der Waals surface area contributed by atoms with E-state index in [4.69, 9.17) is 4.74 Å². The van der Waals surface area contributed by atoms with Crippen molar-refractivity contribution in [3.8, 4) is 17.0 Å².